The second-order valence-electron chi connectivity index (χ2n) is 9.76. The van der Waals surface area contributed by atoms with Crippen LogP contribution in [0.2, 0.25) is 0 Å². The van der Waals surface area contributed by atoms with E-state index in [1.54, 1.807) is 0 Å². The van der Waals surface area contributed by atoms with Gasteiger partial charge in [-0.3, -0.25) is 9.59 Å². The number of aliphatic hydroxyl groups is 1. The summed E-state index contributed by atoms with van der Waals surface area (Å²) in [6.07, 6.45) is 2.52. The quantitative estimate of drug-likeness (QED) is 0.554. The van der Waals surface area contributed by atoms with Crippen molar-refractivity contribution in [2.24, 2.45) is 5.92 Å². The Balaban J connectivity index is 1.25. The fraction of sp³-hybridized carbons (Fsp3) is 0.481. The fourth-order valence-corrected chi connectivity index (χ4v) is 5.10. The van der Waals surface area contributed by atoms with Crippen LogP contribution >= 0.6 is 0 Å². The molecule has 7 nitrogen and oxygen atoms in total. The summed E-state index contributed by atoms with van der Waals surface area (Å²) in [6, 6.07) is 15.4. The molecule has 1 saturated carbocycles. The average Bonchev–Trinajstić information content (AvgIpc) is 3.57. The van der Waals surface area contributed by atoms with Crippen LogP contribution in [0.4, 0.5) is 5.69 Å². The highest BCUT2D eigenvalue weighted by atomic mass is 16.6. The van der Waals surface area contributed by atoms with Crippen LogP contribution in [0.3, 0.4) is 0 Å². The maximum Gasteiger partial charge on any atom is 0.224 e. The van der Waals surface area contributed by atoms with Gasteiger partial charge in [-0.25, -0.2) is 0 Å². The summed E-state index contributed by atoms with van der Waals surface area (Å²) in [4.78, 5) is 25.0. The lowest BCUT2D eigenvalue weighted by atomic mass is 9.84. The summed E-state index contributed by atoms with van der Waals surface area (Å²) in [6.45, 7) is 1.78. The first-order chi connectivity index (χ1) is 16.5. The Morgan fingerprint density at radius 3 is 2.62 bits per heavy atom. The third-order valence-corrected chi connectivity index (χ3v) is 7.04. The monoisotopic (exact) mass is 464 g/mol. The van der Waals surface area contributed by atoms with Crippen LogP contribution in [0.1, 0.15) is 62.1 Å². The van der Waals surface area contributed by atoms with Crippen LogP contribution in [0.5, 0.6) is 5.75 Å². The number of hydrogen-bond acceptors (Lipinski definition) is 5. The number of rotatable bonds is 8. The van der Waals surface area contributed by atoms with Crippen molar-refractivity contribution in [3.05, 3.63) is 59.7 Å². The smallest absolute Gasteiger partial charge is 0.224 e. The molecular weight excluding hydrogens is 432 g/mol. The molecule has 2 aromatic carbocycles. The summed E-state index contributed by atoms with van der Waals surface area (Å²) >= 11 is 0. The Kier molecular flexibility index (Phi) is 6.57. The lowest BCUT2D eigenvalue weighted by molar-refractivity contribution is -0.142. The first kappa shape index (κ1) is 22.9. The zero-order valence-electron chi connectivity index (χ0n) is 19.4. The highest BCUT2D eigenvalue weighted by Crippen LogP contribution is 2.47. The van der Waals surface area contributed by atoms with Crippen molar-refractivity contribution in [1.82, 2.24) is 5.32 Å². The minimum absolute atomic E-state index is 0.00877. The van der Waals surface area contributed by atoms with E-state index in [0.29, 0.717) is 18.8 Å². The number of aliphatic hydroxyl groups excluding tert-OH is 1. The Morgan fingerprint density at radius 1 is 1.09 bits per heavy atom. The largest absolute Gasteiger partial charge is 0.487 e. The molecule has 2 amide bonds. The van der Waals surface area contributed by atoms with E-state index in [1.807, 2.05) is 55.5 Å². The average molecular weight is 465 g/mol. The van der Waals surface area contributed by atoms with Crippen LogP contribution in [-0.4, -0.2) is 41.8 Å². The molecule has 1 aliphatic carbocycles. The first-order valence-corrected chi connectivity index (χ1v) is 12.2. The minimum atomic E-state index is -0.511. The van der Waals surface area contributed by atoms with Crippen molar-refractivity contribution in [1.29, 1.82) is 0 Å². The van der Waals surface area contributed by atoms with Gasteiger partial charge in [0.1, 0.15) is 18.0 Å². The van der Waals surface area contributed by atoms with E-state index in [0.717, 1.165) is 35.4 Å². The third kappa shape index (κ3) is 5.10. The van der Waals surface area contributed by atoms with Crippen molar-refractivity contribution in [2.75, 3.05) is 11.9 Å². The summed E-state index contributed by atoms with van der Waals surface area (Å²) in [5, 5.41) is 16.0. The molecule has 0 spiro atoms. The molecule has 5 rings (SSSR count). The van der Waals surface area contributed by atoms with Crippen molar-refractivity contribution < 1.29 is 24.2 Å². The van der Waals surface area contributed by atoms with Gasteiger partial charge in [0.2, 0.25) is 11.8 Å². The van der Waals surface area contributed by atoms with E-state index in [1.165, 1.54) is 0 Å². The van der Waals surface area contributed by atoms with Gasteiger partial charge in [0.25, 0.3) is 0 Å². The Hall–Kier alpha value is -2.90. The van der Waals surface area contributed by atoms with Gasteiger partial charge in [0.05, 0.1) is 25.2 Å². The number of fused-ring (bicyclic) bond motifs is 3. The maximum absolute atomic E-state index is 12.8. The second kappa shape index (κ2) is 9.76. The molecule has 5 atom stereocenters. The number of carbonyl (C=O) groups is 2. The molecule has 0 bridgehead atoms. The van der Waals surface area contributed by atoms with Crippen LogP contribution in [-0.2, 0) is 14.3 Å². The first-order valence-electron chi connectivity index (χ1n) is 12.2. The van der Waals surface area contributed by atoms with Gasteiger partial charge < -0.3 is 25.2 Å². The van der Waals surface area contributed by atoms with Crippen LogP contribution in [0.25, 0.3) is 0 Å². The minimum Gasteiger partial charge on any atom is -0.487 e. The molecule has 2 fully saturated rings. The highest BCUT2D eigenvalue weighted by Gasteiger charge is 2.46. The zero-order valence-corrected chi connectivity index (χ0v) is 19.4. The topological polar surface area (TPSA) is 96.9 Å². The summed E-state index contributed by atoms with van der Waals surface area (Å²) in [7, 11) is 0. The Morgan fingerprint density at radius 2 is 1.88 bits per heavy atom. The summed E-state index contributed by atoms with van der Waals surface area (Å²) in [5.74, 6) is 1.22. The van der Waals surface area contributed by atoms with Gasteiger partial charge >= 0.3 is 0 Å². The molecule has 0 radical (unpaired) electrons. The highest BCUT2D eigenvalue weighted by molar-refractivity contribution is 5.91. The van der Waals surface area contributed by atoms with E-state index >= 15 is 0 Å². The number of ether oxygens (including phenoxy) is 2. The van der Waals surface area contributed by atoms with Crippen LogP contribution in [0, 0.1) is 5.92 Å². The number of benzene rings is 2. The van der Waals surface area contributed by atoms with Crippen molar-refractivity contribution >= 4 is 17.5 Å². The predicted octanol–water partition coefficient (Wildman–Crippen LogP) is 3.69. The molecule has 2 aliphatic heterocycles. The lowest BCUT2D eigenvalue weighted by Crippen LogP contribution is -2.47. The van der Waals surface area contributed by atoms with E-state index < -0.39 is 6.10 Å². The number of nitrogens with one attached hydrogen (secondary N) is 2. The standard InChI is InChI=1S/C27H32N2O5/c1-16(18-5-3-2-4-6-18)28-26(32)14-20-13-22-21-12-19(29-25(31)11-17-7-8-17)9-10-23(21)34-27(22)24(15-30)33-20/h2-6,9-10,12,16-17,20,22,24,27,30H,7-8,11,13-15H2,1H3,(H,28,32)(H,29,31)/t16-,20-,22-,24-,27+/m0/s1. The molecule has 2 heterocycles. The van der Waals surface area contributed by atoms with Gasteiger partial charge in [-0.15, -0.1) is 0 Å². The number of hydrogen-bond donors (Lipinski definition) is 3. The number of amides is 2. The van der Waals surface area contributed by atoms with E-state index in [-0.39, 0.29) is 49.0 Å². The van der Waals surface area contributed by atoms with Crippen LogP contribution < -0.4 is 15.4 Å². The SMILES string of the molecule is C[C@H](NC(=O)C[C@@H]1C[C@H]2c3cc(NC(=O)CC4CC4)ccc3O[C@H]2[C@H](CO)O1)c1ccccc1. The Bertz CT molecular complexity index is 1040. The molecule has 3 N–H and O–H groups in total. The van der Waals surface area contributed by atoms with Gasteiger partial charge in [0, 0.05) is 23.6 Å². The summed E-state index contributed by atoms with van der Waals surface area (Å²) in [5.41, 5.74) is 2.80. The predicted molar refractivity (Wildman–Crippen MR) is 128 cm³/mol. The molecule has 1 saturated heterocycles. The molecule has 0 aromatic heterocycles. The Labute approximate surface area is 199 Å². The molecular formula is C27H32N2O5. The van der Waals surface area contributed by atoms with Gasteiger partial charge in [0.15, 0.2) is 0 Å². The lowest BCUT2D eigenvalue weighted by Gasteiger charge is -2.37. The van der Waals surface area contributed by atoms with Crippen molar-refractivity contribution in [3.8, 4) is 5.75 Å². The van der Waals surface area contributed by atoms with Gasteiger partial charge in [-0.1, -0.05) is 30.3 Å². The van der Waals surface area contributed by atoms with Crippen LogP contribution in [0.15, 0.2) is 48.5 Å². The van der Waals surface area contributed by atoms with E-state index in [9.17, 15) is 14.7 Å². The van der Waals surface area contributed by atoms with Crippen molar-refractivity contribution in [3.63, 3.8) is 0 Å². The molecule has 3 aliphatic rings. The van der Waals surface area contributed by atoms with E-state index in [4.69, 9.17) is 9.47 Å². The normalized spacial score (nSPS) is 26.1. The zero-order chi connectivity index (χ0) is 23.7. The fourth-order valence-electron chi connectivity index (χ4n) is 5.10. The third-order valence-electron chi connectivity index (χ3n) is 7.04. The molecule has 0 unspecified atom stereocenters. The van der Waals surface area contributed by atoms with E-state index in [2.05, 4.69) is 10.6 Å². The van der Waals surface area contributed by atoms with Crippen molar-refractivity contribution in [2.45, 2.75) is 69.3 Å². The maximum atomic E-state index is 12.8. The summed E-state index contributed by atoms with van der Waals surface area (Å²) < 4.78 is 12.2. The number of anilines is 1. The van der Waals surface area contributed by atoms with Gasteiger partial charge in [-0.05, 0) is 55.9 Å². The molecule has 34 heavy (non-hydrogen) atoms. The van der Waals surface area contributed by atoms with Gasteiger partial charge in [-0.2, -0.15) is 0 Å². The second-order valence-corrected chi connectivity index (χ2v) is 9.76. The number of carbonyl (C=O) groups excluding carboxylic acids is 2. The molecule has 7 heteroatoms. The molecule has 180 valence electrons. The molecule has 2 aromatic rings.